The molecule has 1 aromatic carbocycles. The Morgan fingerprint density at radius 2 is 1.96 bits per heavy atom. The summed E-state index contributed by atoms with van der Waals surface area (Å²) in [7, 11) is 1.79. The molecule has 2 rings (SSSR count). The van der Waals surface area contributed by atoms with E-state index < -0.39 is 5.60 Å². The minimum Gasteiger partial charge on any atom is -0.444 e. The van der Waals surface area contributed by atoms with Crippen LogP contribution in [0.25, 0.3) is 0 Å². The summed E-state index contributed by atoms with van der Waals surface area (Å²) in [5, 5.41) is 0. The number of carbonyl (C=O) groups is 2. The highest BCUT2D eigenvalue weighted by Crippen LogP contribution is 2.22. The fourth-order valence-corrected chi connectivity index (χ4v) is 2.54. The van der Waals surface area contributed by atoms with Gasteiger partial charge in [0.05, 0.1) is 0 Å². The molecule has 0 aliphatic carbocycles. The van der Waals surface area contributed by atoms with Gasteiger partial charge in [0.1, 0.15) is 5.60 Å². The van der Waals surface area contributed by atoms with E-state index in [-0.39, 0.29) is 12.0 Å². The summed E-state index contributed by atoms with van der Waals surface area (Å²) >= 11 is 0. The molecule has 0 aromatic heterocycles. The third-order valence-electron chi connectivity index (χ3n) is 3.94. The molecule has 1 aromatic rings. The topological polar surface area (TPSA) is 49.9 Å². The predicted octanol–water partition coefficient (Wildman–Crippen LogP) is 3.07. The van der Waals surface area contributed by atoms with E-state index in [9.17, 15) is 9.59 Å². The molecule has 0 radical (unpaired) electrons. The van der Waals surface area contributed by atoms with E-state index in [2.05, 4.69) is 0 Å². The van der Waals surface area contributed by atoms with Gasteiger partial charge in [-0.3, -0.25) is 4.79 Å². The molecule has 0 bridgehead atoms. The monoisotopic (exact) mass is 318 g/mol. The minimum absolute atomic E-state index is 0.00434. The lowest BCUT2D eigenvalue weighted by Crippen LogP contribution is -2.40. The van der Waals surface area contributed by atoms with Crippen molar-refractivity contribution in [3.8, 4) is 0 Å². The van der Waals surface area contributed by atoms with Crippen LogP contribution in [-0.4, -0.2) is 47.5 Å². The summed E-state index contributed by atoms with van der Waals surface area (Å²) < 4.78 is 5.44. The second kappa shape index (κ2) is 6.60. The highest BCUT2D eigenvalue weighted by molar-refractivity contribution is 5.94. The first kappa shape index (κ1) is 17.3. The van der Waals surface area contributed by atoms with Crippen molar-refractivity contribution in [2.75, 3.05) is 20.1 Å². The first-order valence-electron chi connectivity index (χ1n) is 8.06. The first-order chi connectivity index (χ1) is 10.7. The van der Waals surface area contributed by atoms with E-state index >= 15 is 0 Å². The average molecular weight is 318 g/mol. The Hall–Kier alpha value is -2.04. The lowest BCUT2D eigenvalue weighted by Gasteiger charge is -2.31. The van der Waals surface area contributed by atoms with Crippen molar-refractivity contribution < 1.29 is 14.3 Å². The standard InChI is InChI=1S/C18H26N2O3/c1-6-19(5)16(21)14-8-7-13-9-10-20(12-15(13)11-14)17(22)23-18(2,3)4/h7-8,11H,6,9-10,12H2,1-5H3. The van der Waals surface area contributed by atoms with Crippen molar-refractivity contribution in [3.05, 3.63) is 34.9 Å². The maximum Gasteiger partial charge on any atom is 0.410 e. The smallest absolute Gasteiger partial charge is 0.410 e. The van der Waals surface area contributed by atoms with Crippen LogP contribution in [0.1, 0.15) is 49.2 Å². The Morgan fingerprint density at radius 3 is 2.57 bits per heavy atom. The maximum atomic E-state index is 12.3. The van der Waals surface area contributed by atoms with Crippen molar-refractivity contribution in [1.82, 2.24) is 9.80 Å². The average Bonchev–Trinajstić information content (AvgIpc) is 2.50. The zero-order chi connectivity index (χ0) is 17.2. The van der Waals surface area contributed by atoms with Gasteiger partial charge in [0.15, 0.2) is 0 Å². The molecule has 1 aliphatic heterocycles. The number of nitrogens with zero attached hydrogens (tertiary/aromatic N) is 2. The fourth-order valence-electron chi connectivity index (χ4n) is 2.54. The first-order valence-corrected chi connectivity index (χ1v) is 8.06. The summed E-state index contributed by atoms with van der Waals surface area (Å²) in [4.78, 5) is 27.9. The van der Waals surface area contributed by atoms with Gasteiger partial charge < -0.3 is 14.5 Å². The van der Waals surface area contributed by atoms with E-state index in [1.165, 1.54) is 5.56 Å². The van der Waals surface area contributed by atoms with Crippen LogP contribution >= 0.6 is 0 Å². The minimum atomic E-state index is -0.501. The number of ether oxygens (including phenoxy) is 1. The molecule has 23 heavy (non-hydrogen) atoms. The number of hydrogen-bond donors (Lipinski definition) is 0. The van der Waals surface area contributed by atoms with Gasteiger partial charge in [-0.2, -0.15) is 0 Å². The second-order valence-electron chi connectivity index (χ2n) is 6.95. The van der Waals surface area contributed by atoms with E-state index in [0.717, 1.165) is 12.0 Å². The van der Waals surface area contributed by atoms with Crippen LogP contribution in [0.2, 0.25) is 0 Å². The Labute approximate surface area is 138 Å². The third-order valence-corrected chi connectivity index (χ3v) is 3.94. The lowest BCUT2D eigenvalue weighted by atomic mass is 9.97. The van der Waals surface area contributed by atoms with Gasteiger partial charge >= 0.3 is 6.09 Å². The van der Waals surface area contributed by atoms with Gasteiger partial charge in [-0.15, -0.1) is 0 Å². The van der Waals surface area contributed by atoms with E-state index in [0.29, 0.717) is 25.2 Å². The summed E-state index contributed by atoms with van der Waals surface area (Å²) in [5.41, 5.74) is 2.39. The molecule has 5 nitrogen and oxygen atoms in total. The molecular formula is C18H26N2O3. The van der Waals surface area contributed by atoms with Gasteiger partial charge in [0.25, 0.3) is 5.91 Å². The zero-order valence-electron chi connectivity index (χ0n) is 14.7. The van der Waals surface area contributed by atoms with Crippen molar-refractivity contribution in [2.45, 2.75) is 46.3 Å². The number of fused-ring (bicyclic) bond motifs is 1. The lowest BCUT2D eigenvalue weighted by molar-refractivity contribution is 0.0224. The summed E-state index contributed by atoms with van der Waals surface area (Å²) in [6.45, 7) is 9.33. The molecule has 0 saturated carbocycles. The Kier molecular flexibility index (Phi) is 4.97. The van der Waals surface area contributed by atoms with Crippen LogP contribution in [-0.2, 0) is 17.7 Å². The van der Waals surface area contributed by atoms with Gasteiger partial charge in [-0.25, -0.2) is 4.79 Å². The Balaban J connectivity index is 2.16. The van der Waals surface area contributed by atoms with Crippen molar-refractivity contribution in [2.24, 2.45) is 0 Å². The van der Waals surface area contributed by atoms with Crippen molar-refractivity contribution in [3.63, 3.8) is 0 Å². The normalized spacial score (nSPS) is 14.2. The maximum absolute atomic E-state index is 12.3. The quantitative estimate of drug-likeness (QED) is 0.842. The SMILES string of the molecule is CCN(C)C(=O)c1ccc2c(c1)CN(C(=O)OC(C)(C)C)CC2. The van der Waals surface area contributed by atoms with Crippen LogP contribution in [0.5, 0.6) is 0 Å². The number of hydrogen-bond acceptors (Lipinski definition) is 3. The summed E-state index contributed by atoms with van der Waals surface area (Å²) in [5.74, 6) is 0.00434. The molecule has 1 heterocycles. The molecule has 0 N–H and O–H groups in total. The van der Waals surface area contributed by atoms with Crippen molar-refractivity contribution in [1.29, 1.82) is 0 Å². The third kappa shape index (κ3) is 4.24. The van der Waals surface area contributed by atoms with Crippen LogP contribution in [0.3, 0.4) is 0 Å². The second-order valence-corrected chi connectivity index (χ2v) is 6.95. The molecule has 0 atom stereocenters. The van der Waals surface area contributed by atoms with Crippen molar-refractivity contribution >= 4 is 12.0 Å². The predicted molar refractivity (Wildman–Crippen MR) is 89.4 cm³/mol. The molecule has 0 spiro atoms. The van der Waals surface area contributed by atoms with E-state index in [1.807, 2.05) is 45.9 Å². The summed E-state index contributed by atoms with van der Waals surface area (Å²) in [6, 6.07) is 5.77. The number of carbonyl (C=O) groups excluding carboxylic acids is 2. The van der Waals surface area contributed by atoms with Crippen LogP contribution in [0.15, 0.2) is 18.2 Å². The molecule has 0 unspecified atom stereocenters. The Morgan fingerprint density at radius 1 is 1.26 bits per heavy atom. The van der Waals surface area contributed by atoms with Gasteiger partial charge in [0.2, 0.25) is 0 Å². The molecule has 0 saturated heterocycles. The fraction of sp³-hybridized carbons (Fsp3) is 0.556. The van der Waals surface area contributed by atoms with E-state index in [4.69, 9.17) is 4.74 Å². The van der Waals surface area contributed by atoms with Crippen LogP contribution in [0.4, 0.5) is 4.79 Å². The van der Waals surface area contributed by atoms with Crippen LogP contribution in [0, 0.1) is 0 Å². The summed E-state index contributed by atoms with van der Waals surface area (Å²) in [6.07, 6.45) is 0.484. The molecule has 1 aliphatic rings. The molecule has 5 heteroatoms. The van der Waals surface area contributed by atoms with Crippen LogP contribution < -0.4 is 0 Å². The molecule has 0 fully saturated rings. The molecule has 2 amide bonds. The zero-order valence-corrected chi connectivity index (χ0v) is 14.7. The number of rotatable bonds is 2. The van der Waals surface area contributed by atoms with Gasteiger partial charge in [-0.05, 0) is 57.4 Å². The highest BCUT2D eigenvalue weighted by atomic mass is 16.6. The highest BCUT2D eigenvalue weighted by Gasteiger charge is 2.26. The number of benzene rings is 1. The van der Waals surface area contributed by atoms with Gasteiger partial charge in [-0.1, -0.05) is 6.07 Å². The van der Waals surface area contributed by atoms with Gasteiger partial charge in [0, 0.05) is 32.2 Å². The number of amides is 2. The van der Waals surface area contributed by atoms with E-state index in [1.54, 1.807) is 16.8 Å². The molecule has 126 valence electrons. The molecular weight excluding hydrogens is 292 g/mol. The Bertz CT molecular complexity index is 605. The largest absolute Gasteiger partial charge is 0.444 e.